The number of nitrogens with one attached hydrogen (secondary N) is 1. The molecule has 4 nitrogen and oxygen atoms in total. The van der Waals surface area contributed by atoms with Crippen LogP contribution in [-0.2, 0) is 6.54 Å². The molecule has 0 aliphatic carbocycles. The van der Waals surface area contributed by atoms with Crippen LogP contribution in [0.4, 0.5) is 0 Å². The molecular formula is C15H21NO3. The Morgan fingerprint density at radius 1 is 1.21 bits per heavy atom. The summed E-state index contributed by atoms with van der Waals surface area (Å²) in [4.78, 5) is 0. The topological polar surface area (TPSA) is 43.6 Å². The summed E-state index contributed by atoms with van der Waals surface area (Å²) < 4.78 is 16.3. The van der Waals surface area contributed by atoms with E-state index in [1.54, 1.807) is 20.5 Å². The lowest BCUT2D eigenvalue weighted by Crippen LogP contribution is -2.18. The van der Waals surface area contributed by atoms with Crippen molar-refractivity contribution in [2.45, 2.75) is 20.4 Å². The van der Waals surface area contributed by atoms with Gasteiger partial charge in [0.1, 0.15) is 17.1 Å². The molecule has 0 bridgehead atoms. The molecule has 0 spiro atoms. The SMILES string of the molecule is COc1cc(OC)c2c(CNCC(C)C)coc2c1. The fourth-order valence-electron chi connectivity index (χ4n) is 2.07. The van der Waals surface area contributed by atoms with E-state index in [9.17, 15) is 0 Å². The van der Waals surface area contributed by atoms with Crippen molar-refractivity contribution in [3.05, 3.63) is 24.0 Å². The summed E-state index contributed by atoms with van der Waals surface area (Å²) in [7, 11) is 3.29. The Balaban J connectivity index is 2.30. The third-order valence-electron chi connectivity index (χ3n) is 3.01. The van der Waals surface area contributed by atoms with Gasteiger partial charge in [0.2, 0.25) is 0 Å². The second-order valence-electron chi connectivity index (χ2n) is 4.99. The minimum absolute atomic E-state index is 0.625. The second-order valence-corrected chi connectivity index (χ2v) is 4.99. The highest BCUT2D eigenvalue weighted by Crippen LogP contribution is 2.34. The number of rotatable bonds is 6. The molecule has 104 valence electrons. The Labute approximate surface area is 113 Å². The highest BCUT2D eigenvalue weighted by Gasteiger charge is 2.13. The first-order valence-electron chi connectivity index (χ1n) is 6.48. The van der Waals surface area contributed by atoms with Crippen molar-refractivity contribution in [1.29, 1.82) is 0 Å². The fourth-order valence-corrected chi connectivity index (χ4v) is 2.07. The van der Waals surface area contributed by atoms with E-state index in [1.807, 2.05) is 12.1 Å². The predicted molar refractivity (Wildman–Crippen MR) is 75.9 cm³/mol. The maximum atomic E-state index is 5.59. The maximum Gasteiger partial charge on any atom is 0.141 e. The molecular weight excluding hydrogens is 242 g/mol. The first kappa shape index (κ1) is 13.7. The Bertz CT molecular complexity index is 546. The van der Waals surface area contributed by atoms with Gasteiger partial charge in [0.15, 0.2) is 0 Å². The molecule has 0 atom stereocenters. The summed E-state index contributed by atoms with van der Waals surface area (Å²) in [6.07, 6.45) is 1.78. The number of hydrogen-bond acceptors (Lipinski definition) is 4. The average Bonchev–Trinajstić information content (AvgIpc) is 2.80. The van der Waals surface area contributed by atoms with Crippen molar-refractivity contribution >= 4 is 11.0 Å². The van der Waals surface area contributed by atoms with Gasteiger partial charge in [0.25, 0.3) is 0 Å². The van der Waals surface area contributed by atoms with Crippen LogP contribution in [0.1, 0.15) is 19.4 Å². The van der Waals surface area contributed by atoms with Crippen molar-refractivity contribution in [3.63, 3.8) is 0 Å². The third kappa shape index (κ3) is 3.01. The van der Waals surface area contributed by atoms with Gasteiger partial charge in [-0.1, -0.05) is 13.8 Å². The summed E-state index contributed by atoms with van der Waals surface area (Å²) in [6, 6.07) is 3.76. The zero-order valence-corrected chi connectivity index (χ0v) is 11.9. The lowest BCUT2D eigenvalue weighted by Gasteiger charge is -2.08. The van der Waals surface area contributed by atoms with Crippen LogP contribution in [-0.4, -0.2) is 20.8 Å². The summed E-state index contributed by atoms with van der Waals surface area (Å²) in [5, 5.41) is 4.43. The molecule has 0 radical (unpaired) electrons. The summed E-state index contributed by atoms with van der Waals surface area (Å²) in [5.74, 6) is 2.14. The van der Waals surface area contributed by atoms with Gasteiger partial charge in [-0.25, -0.2) is 0 Å². The highest BCUT2D eigenvalue weighted by atomic mass is 16.5. The van der Waals surface area contributed by atoms with E-state index >= 15 is 0 Å². The van der Waals surface area contributed by atoms with E-state index in [0.29, 0.717) is 5.92 Å². The molecule has 0 saturated carbocycles. The van der Waals surface area contributed by atoms with E-state index in [-0.39, 0.29) is 0 Å². The van der Waals surface area contributed by atoms with E-state index in [1.165, 1.54) is 0 Å². The van der Waals surface area contributed by atoms with Crippen molar-refractivity contribution in [2.24, 2.45) is 5.92 Å². The molecule has 4 heteroatoms. The van der Waals surface area contributed by atoms with Gasteiger partial charge in [0.05, 0.1) is 25.9 Å². The number of fused-ring (bicyclic) bond motifs is 1. The number of benzene rings is 1. The van der Waals surface area contributed by atoms with Gasteiger partial charge < -0.3 is 19.2 Å². The van der Waals surface area contributed by atoms with E-state index in [4.69, 9.17) is 13.9 Å². The second kappa shape index (κ2) is 5.97. The molecule has 1 N–H and O–H groups in total. The normalized spacial score (nSPS) is 11.2. The first-order valence-corrected chi connectivity index (χ1v) is 6.48. The minimum Gasteiger partial charge on any atom is -0.496 e. The summed E-state index contributed by atoms with van der Waals surface area (Å²) in [6.45, 7) is 6.12. The Morgan fingerprint density at radius 3 is 2.63 bits per heavy atom. The lowest BCUT2D eigenvalue weighted by molar-refractivity contribution is 0.397. The molecule has 19 heavy (non-hydrogen) atoms. The van der Waals surface area contributed by atoms with Crippen LogP contribution in [0.15, 0.2) is 22.8 Å². The van der Waals surface area contributed by atoms with Crippen molar-refractivity contribution in [3.8, 4) is 11.5 Å². The summed E-state index contributed by atoms with van der Waals surface area (Å²) >= 11 is 0. The Kier molecular flexibility index (Phi) is 4.32. The molecule has 0 amide bonds. The standard InChI is InChI=1S/C15H21NO3/c1-10(2)7-16-8-11-9-19-14-6-12(17-3)5-13(18-4)15(11)14/h5-6,9-10,16H,7-8H2,1-4H3. The Morgan fingerprint density at radius 2 is 2.00 bits per heavy atom. The van der Waals surface area contributed by atoms with Crippen molar-refractivity contribution in [1.82, 2.24) is 5.32 Å². The molecule has 1 aromatic carbocycles. The molecule has 0 fully saturated rings. The number of hydrogen-bond donors (Lipinski definition) is 1. The van der Waals surface area contributed by atoms with Crippen LogP contribution >= 0.6 is 0 Å². The van der Waals surface area contributed by atoms with E-state index in [2.05, 4.69) is 19.2 Å². The van der Waals surface area contributed by atoms with Crippen LogP contribution in [0.25, 0.3) is 11.0 Å². The monoisotopic (exact) mass is 263 g/mol. The highest BCUT2D eigenvalue weighted by molar-refractivity contribution is 5.89. The maximum absolute atomic E-state index is 5.59. The molecule has 2 rings (SSSR count). The quantitative estimate of drug-likeness (QED) is 0.869. The van der Waals surface area contributed by atoms with Gasteiger partial charge in [-0.05, 0) is 12.5 Å². The molecule has 1 aromatic heterocycles. The van der Waals surface area contributed by atoms with Crippen LogP contribution in [0.5, 0.6) is 11.5 Å². The largest absolute Gasteiger partial charge is 0.496 e. The lowest BCUT2D eigenvalue weighted by atomic mass is 10.1. The molecule has 0 saturated heterocycles. The minimum atomic E-state index is 0.625. The van der Waals surface area contributed by atoms with Crippen molar-refractivity contribution < 1.29 is 13.9 Å². The number of methoxy groups -OCH3 is 2. The van der Waals surface area contributed by atoms with Gasteiger partial charge >= 0.3 is 0 Å². The molecule has 0 aliphatic rings. The smallest absolute Gasteiger partial charge is 0.141 e. The van der Waals surface area contributed by atoms with Crippen LogP contribution in [0, 0.1) is 5.92 Å². The van der Waals surface area contributed by atoms with Gasteiger partial charge in [-0.15, -0.1) is 0 Å². The first-order chi connectivity index (χ1) is 9.15. The van der Waals surface area contributed by atoms with Gasteiger partial charge in [0, 0.05) is 24.2 Å². The Hall–Kier alpha value is -1.68. The van der Waals surface area contributed by atoms with Crippen molar-refractivity contribution in [2.75, 3.05) is 20.8 Å². The molecule has 2 aromatic rings. The molecule has 1 heterocycles. The molecule has 0 aliphatic heterocycles. The van der Waals surface area contributed by atoms with Crippen LogP contribution in [0.2, 0.25) is 0 Å². The van der Waals surface area contributed by atoms with E-state index < -0.39 is 0 Å². The number of ether oxygens (including phenoxy) is 2. The number of furan rings is 1. The zero-order chi connectivity index (χ0) is 13.8. The zero-order valence-electron chi connectivity index (χ0n) is 11.9. The fraction of sp³-hybridized carbons (Fsp3) is 0.467. The summed E-state index contributed by atoms with van der Waals surface area (Å²) in [5.41, 5.74) is 1.90. The van der Waals surface area contributed by atoms with Crippen LogP contribution < -0.4 is 14.8 Å². The molecule has 0 unspecified atom stereocenters. The average molecular weight is 263 g/mol. The van der Waals surface area contributed by atoms with Crippen LogP contribution in [0.3, 0.4) is 0 Å². The van der Waals surface area contributed by atoms with Gasteiger partial charge in [-0.2, -0.15) is 0 Å². The van der Waals surface area contributed by atoms with Gasteiger partial charge in [-0.3, -0.25) is 0 Å². The third-order valence-corrected chi connectivity index (χ3v) is 3.01. The predicted octanol–water partition coefficient (Wildman–Crippen LogP) is 3.20. The van der Waals surface area contributed by atoms with E-state index in [0.717, 1.165) is 41.1 Å².